The molecule has 2 N–H and O–H groups in total. The number of aryl methyl sites for hydroxylation is 2. The maximum absolute atomic E-state index is 6.62. The Morgan fingerprint density at radius 1 is 1.36 bits per heavy atom. The van der Waals surface area contributed by atoms with Crippen LogP contribution in [0.4, 0.5) is 0 Å². The van der Waals surface area contributed by atoms with Gasteiger partial charge in [0.2, 0.25) is 0 Å². The van der Waals surface area contributed by atoms with E-state index in [-0.39, 0.29) is 12.0 Å². The summed E-state index contributed by atoms with van der Waals surface area (Å²) >= 11 is 6.62. The third kappa shape index (κ3) is 3.91. The van der Waals surface area contributed by atoms with Gasteiger partial charge in [0.15, 0.2) is 0 Å². The summed E-state index contributed by atoms with van der Waals surface area (Å²) in [6, 6.07) is 6.67. The minimum Gasteiger partial charge on any atom is -0.324 e. The fourth-order valence-corrected chi connectivity index (χ4v) is 4.45. The van der Waals surface area contributed by atoms with E-state index in [0.717, 1.165) is 42.0 Å². The molecule has 1 aliphatic heterocycles. The molecule has 0 aromatic heterocycles. The molecule has 0 saturated heterocycles. The molecule has 0 fully saturated rings. The normalized spacial score (nSPS) is 21.1. The third-order valence-corrected chi connectivity index (χ3v) is 6.03. The standard InChI is InChI=1S/C22H29ClN2/c1-4-20-18(22(24)14(2)3)13-19(23)21(25-20)12-11-16-8-5-7-15-9-6-10-17(15)16/h5,7-8,18,22H,2,4,6,9-13,24H2,1,3H3. The second-order valence-corrected chi connectivity index (χ2v) is 7.86. The Morgan fingerprint density at radius 2 is 2.16 bits per heavy atom. The predicted octanol–water partition coefficient (Wildman–Crippen LogP) is 5.33. The Morgan fingerprint density at radius 3 is 2.88 bits per heavy atom. The molecule has 1 heterocycles. The van der Waals surface area contributed by atoms with Crippen LogP contribution in [0, 0.1) is 5.92 Å². The number of nitrogens with zero attached hydrogens (tertiary/aromatic N) is 1. The van der Waals surface area contributed by atoms with Crippen LogP contribution in [-0.4, -0.2) is 11.8 Å². The number of rotatable bonds is 6. The number of hydrogen-bond acceptors (Lipinski definition) is 2. The molecular formula is C22H29ClN2. The third-order valence-electron chi connectivity index (χ3n) is 5.66. The van der Waals surface area contributed by atoms with E-state index in [1.165, 1.54) is 36.1 Å². The van der Waals surface area contributed by atoms with Gasteiger partial charge in [-0.05, 0) is 68.6 Å². The van der Waals surface area contributed by atoms with Crippen molar-refractivity contribution in [2.24, 2.45) is 16.6 Å². The van der Waals surface area contributed by atoms with E-state index in [0.29, 0.717) is 0 Å². The number of allylic oxidation sites excluding steroid dienone is 2. The molecule has 0 bridgehead atoms. The van der Waals surface area contributed by atoms with Gasteiger partial charge in [0.05, 0.1) is 5.70 Å². The Bertz CT molecular complexity index is 730. The van der Waals surface area contributed by atoms with Crippen molar-refractivity contribution in [2.75, 3.05) is 0 Å². The average molecular weight is 357 g/mol. The smallest absolute Gasteiger partial charge is 0.0551 e. The van der Waals surface area contributed by atoms with Gasteiger partial charge < -0.3 is 5.73 Å². The van der Waals surface area contributed by atoms with E-state index < -0.39 is 0 Å². The molecule has 134 valence electrons. The van der Waals surface area contributed by atoms with Crippen LogP contribution in [0.5, 0.6) is 0 Å². The van der Waals surface area contributed by atoms with Gasteiger partial charge in [-0.15, -0.1) is 0 Å². The average Bonchev–Trinajstić information content (AvgIpc) is 3.09. The van der Waals surface area contributed by atoms with Crippen LogP contribution in [-0.2, 0) is 19.3 Å². The van der Waals surface area contributed by atoms with Crippen LogP contribution < -0.4 is 5.73 Å². The number of aliphatic imine (C=N–C) groups is 1. The van der Waals surface area contributed by atoms with Crippen molar-refractivity contribution >= 4 is 17.3 Å². The van der Waals surface area contributed by atoms with Crippen LogP contribution in [0.3, 0.4) is 0 Å². The van der Waals surface area contributed by atoms with Crippen LogP contribution in [0.25, 0.3) is 0 Å². The van der Waals surface area contributed by atoms with E-state index in [9.17, 15) is 0 Å². The maximum atomic E-state index is 6.62. The predicted molar refractivity (Wildman–Crippen MR) is 108 cm³/mol. The van der Waals surface area contributed by atoms with Crippen molar-refractivity contribution in [1.82, 2.24) is 0 Å². The SMILES string of the molecule is C=C(C)C(N)C1CC(Cl)=C(CCc2cccc3c2CCC3)N=C1CC. The van der Waals surface area contributed by atoms with Gasteiger partial charge >= 0.3 is 0 Å². The molecule has 0 spiro atoms. The lowest BCUT2D eigenvalue weighted by Crippen LogP contribution is -2.37. The van der Waals surface area contributed by atoms with Crippen LogP contribution in [0.2, 0.25) is 0 Å². The van der Waals surface area contributed by atoms with Crippen molar-refractivity contribution in [3.8, 4) is 0 Å². The summed E-state index contributed by atoms with van der Waals surface area (Å²) in [7, 11) is 0. The topological polar surface area (TPSA) is 38.4 Å². The van der Waals surface area contributed by atoms with Crippen molar-refractivity contribution in [3.63, 3.8) is 0 Å². The minimum absolute atomic E-state index is 0.0635. The van der Waals surface area contributed by atoms with Crippen LogP contribution >= 0.6 is 11.6 Å². The highest BCUT2D eigenvalue weighted by atomic mass is 35.5. The molecular weight excluding hydrogens is 328 g/mol. The lowest BCUT2D eigenvalue weighted by atomic mass is 9.84. The Labute approximate surface area is 156 Å². The zero-order chi connectivity index (χ0) is 18.0. The van der Waals surface area contributed by atoms with Crippen molar-refractivity contribution in [1.29, 1.82) is 0 Å². The molecule has 1 aromatic rings. The van der Waals surface area contributed by atoms with Crippen LogP contribution in [0.1, 0.15) is 56.2 Å². The summed E-state index contributed by atoms with van der Waals surface area (Å²) in [6.07, 6.45) is 7.38. The summed E-state index contributed by atoms with van der Waals surface area (Å²) in [4.78, 5) is 4.92. The second-order valence-electron chi connectivity index (χ2n) is 7.40. The highest BCUT2D eigenvalue weighted by Gasteiger charge is 2.28. The molecule has 3 heteroatoms. The molecule has 2 aliphatic rings. The Kier molecular flexibility index (Phi) is 5.81. The molecule has 0 saturated carbocycles. The van der Waals surface area contributed by atoms with Crippen molar-refractivity contribution in [3.05, 3.63) is 57.8 Å². The second kappa shape index (κ2) is 7.88. The van der Waals surface area contributed by atoms with E-state index in [1.54, 1.807) is 5.56 Å². The lowest BCUT2D eigenvalue weighted by molar-refractivity contribution is 0.569. The van der Waals surface area contributed by atoms with Crippen molar-refractivity contribution in [2.45, 2.75) is 64.8 Å². The largest absolute Gasteiger partial charge is 0.324 e. The first-order valence-electron chi connectivity index (χ1n) is 9.46. The Hall–Kier alpha value is -1.38. The van der Waals surface area contributed by atoms with Gasteiger partial charge in [0, 0.05) is 22.7 Å². The van der Waals surface area contributed by atoms with E-state index in [1.807, 2.05) is 6.92 Å². The molecule has 2 unspecified atom stereocenters. The minimum atomic E-state index is -0.0635. The maximum Gasteiger partial charge on any atom is 0.0551 e. The van der Waals surface area contributed by atoms with Gasteiger partial charge in [-0.1, -0.05) is 48.9 Å². The first-order chi connectivity index (χ1) is 12.0. The van der Waals surface area contributed by atoms with Gasteiger partial charge in [-0.2, -0.15) is 0 Å². The number of benzene rings is 1. The fourth-order valence-electron chi connectivity index (χ4n) is 4.14. The van der Waals surface area contributed by atoms with E-state index >= 15 is 0 Å². The molecule has 2 atom stereocenters. The summed E-state index contributed by atoms with van der Waals surface area (Å²) in [5, 5.41) is 0.881. The lowest BCUT2D eigenvalue weighted by Gasteiger charge is -2.29. The zero-order valence-corrected chi connectivity index (χ0v) is 16.2. The van der Waals surface area contributed by atoms with Gasteiger partial charge in [-0.3, -0.25) is 4.99 Å². The Balaban J connectivity index is 1.75. The molecule has 2 nitrogen and oxygen atoms in total. The summed E-state index contributed by atoms with van der Waals surface area (Å²) in [6.45, 7) is 8.15. The monoisotopic (exact) mass is 356 g/mol. The highest BCUT2D eigenvalue weighted by molar-refractivity contribution is 6.30. The first kappa shape index (κ1) is 18.4. The van der Waals surface area contributed by atoms with Gasteiger partial charge in [-0.25, -0.2) is 0 Å². The van der Waals surface area contributed by atoms with E-state index in [2.05, 4.69) is 31.7 Å². The van der Waals surface area contributed by atoms with Crippen molar-refractivity contribution < 1.29 is 0 Å². The number of nitrogens with two attached hydrogens (primary N) is 1. The molecule has 25 heavy (non-hydrogen) atoms. The summed E-state index contributed by atoms with van der Waals surface area (Å²) in [5.41, 5.74) is 14.1. The summed E-state index contributed by atoms with van der Waals surface area (Å²) < 4.78 is 0. The quantitative estimate of drug-likeness (QED) is 0.687. The number of fused-ring (bicyclic) bond motifs is 1. The van der Waals surface area contributed by atoms with Gasteiger partial charge in [0.1, 0.15) is 0 Å². The molecule has 0 radical (unpaired) electrons. The summed E-state index contributed by atoms with van der Waals surface area (Å²) in [5.74, 6) is 0.194. The van der Waals surface area contributed by atoms with Crippen LogP contribution in [0.15, 0.2) is 46.1 Å². The van der Waals surface area contributed by atoms with Gasteiger partial charge in [0.25, 0.3) is 0 Å². The number of hydrogen-bond donors (Lipinski definition) is 1. The molecule has 1 aromatic carbocycles. The molecule has 3 rings (SSSR count). The fraction of sp³-hybridized carbons (Fsp3) is 0.500. The highest BCUT2D eigenvalue weighted by Crippen LogP contribution is 2.34. The zero-order valence-electron chi connectivity index (χ0n) is 15.4. The number of halogens is 1. The molecule has 0 amide bonds. The molecule has 1 aliphatic carbocycles. The van der Waals surface area contributed by atoms with E-state index in [4.69, 9.17) is 22.3 Å². The first-order valence-corrected chi connectivity index (χ1v) is 9.84.